The summed E-state index contributed by atoms with van der Waals surface area (Å²) in [6.45, 7) is 1.66. The SMILES string of the molecule is Cc1nccc(C(=O)c2ccccc2)c1O. The normalized spacial score (nSPS) is 10.1. The first-order valence-electron chi connectivity index (χ1n) is 4.94. The molecule has 1 aromatic heterocycles. The maximum atomic E-state index is 12.0. The van der Waals surface area contributed by atoms with Crippen LogP contribution in [0.5, 0.6) is 5.75 Å². The van der Waals surface area contributed by atoms with Crippen LogP contribution in [0, 0.1) is 6.92 Å². The van der Waals surface area contributed by atoms with Crippen LogP contribution in [0.4, 0.5) is 0 Å². The van der Waals surface area contributed by atoms with Crippen LogP contribution in [-0.2, 0) is 0 Å². The molecule has 2 rings (SSSR count). The second-order valence-electron chi connectivity index (χ2n) is 3.49. The van der Waals surface area contributed by atoms with E-state index in [-0.39, 0.29) is 11.5 Å². The summed E-state index contributed by atoms with van der Waals surface area (Å²) in [6, 6.07) is 10.4. The molecular weight excluding hydrogens is 202 g/mol. The number of benzene rings is 1. The predicted octanol–water partition coefficient (Wildman–Crippen LogP) is 2.33. The van der Waals surface area contributed by atoms with Crippen molar-refractivity contribution in [3.8, 4) is 5.75 Å². The quantitative estimate of drug-likeness (QED) is 0.779. The molecule has 0 aliphatic heterocycles. The summed E-state index contributed by atoms with van der Waals surface area (Å²) in [5, 5.41) is 9.75. The highest BCUT2D eigenvalue weighted by atomic mass is 16.3. The Bertz CT molecular complexity index is 521. The summed E-state index contributed by atoms with van der Waals surface area (Å²) >= 11 is 0. The van der Waals surface area contributed by atoms with Crippen molar-refractivity contribution in [2.45, 2.75) is 6.92 Å². The molecule has 0 amide bonds. The van der Waals surface area contributed by atoms with E-state index in [0.717, 1.165) is 0 Å². The van der Waals surface area contributed by atoms with E-state index in [0.29, 0.717) is 16.8 Å². The molecule has 0 radical (unpaired) electrons. The van der Waals surface area contributed by atoms with E-state index in [2.05, 4.69) is 4.98 Å². The third kappa shape index (κ3) is 1.80. The van der Waals surface area contributed by atoms with Gasteiger partial charge in [0.05, 0.1) is 11.3 Å². The van der Waals surface area contributed by atoms with Gasteiger partial charge < -0.3 is 5.11 Å². The van der Waals surface area contributed by atoms with Crippen molar-refractivity contribution in [3.05, 3.63) is 59.4 Å². The largest absolute Gasteiger partial charge is 0.505 e. The van der Waals surface area contributed by atoms with Crippen LogP contribution in [0.3, 0.4) is 0 Å². The van der Waals surface area contributed by atoms with E-state index in [1.807, 2.05) is 6.07 Å². The first-order chi connectivity index (χ1) is 7.70. The highest BCUT2D eigenvalue weighted by Gasteiger charge is 2.14. The number of hydrogen-bond acceptors (Lipinski definition) is 3. The first-order valence-corrected chi connectivity index (χ1v) is 4.94. The summed E-state index contributed by atoms with van der Waals surface area (Å²) in [6.07, 6.45) is 1.52. The third-order valence-electron chi connectivity index (χ3n) is 2.39. The number of hydrogen-bond donors (Lipinski definition) is 1. The number of aromatic nitrogens is 1. The van der Waals surface area contributed by atoms with Gasteiger partial charge in [0.1, 0.15) is 5.75 Å². The number of aryl methyl sites for hydroxylation is 1. The molecule has 1 N–H and O–H groups in total. The molecular formula is C13H11NO2. The van der Waals surface area contributed by atoms with Gasteiger partial charge >= 0.3 is 0 Å². The number of aromatic hydroxyl groups is 1. The van der Waals surface area contributed by atoms with Crippen molar-refractivity contribution in [2.75, 3.05) is 0 Å². The van der Waals surface area contributed by atoms with E-state index in [1.165, 1.54) is 12.3 Å². The predicted molar refractivity (Wildman–Crippen MR) is 60.5 cm³/mol. The molecule has 0 saturated carbocycles. The fourth-order valence-electron chi connectivity index (χ4n) is 1.49. The van der Waals surface area contributed by atoms with Gasteiger partial charge in [0.2, 0.25) is 0 Å². The van der Waals surface area contributed by atoms with Gasteiger partial charge in [0.25, 0.3) is 0 Å². The van der Waals surface area contributed by atoms with Crippen molar-refractivity contribution in [1.82, 2.24) is 4.98 Å². The molecule has 0 fully saturated rings. The average Bonchev–Trinajstić information content (AvgIpc) is 2.33. The molecule has 0 aliphatic carbocycles. The summed E-state index contributed by atoms with van der Waals surface area (Å²) in [5.41, 5.74) is 1.31. The van der Waals surface area contributed by atoms with Gasteiger partial charge in [-0.05, 0) is 13.0 Å². The summed E-state index contributed by atoms with van der Waals surface area (Å²) in [4.78, 5) is 15.9. The van der Waals surface area contributed by atoms with Crippen molar-refractivity contribution in [1.29, 1.82) is 0 Å². The second kappa shape index (κ2) is 4.14. The van der Waals surface area contributed by atoms with E-state index in [9.17, 15) is 9.90 Å². The van der Waals surface area contributed by atoms with Crippen LogP contribution in [0.15, 0.2) is 42.6 Å². The lowest BCUT2D eigenvalue weighted by Crippen LogP contribution is -2.02. The van der Waals surface area contributed by atoms with Gasteiger partial charge in [-0.3, -0.25) is 9.78 Å². The molecule has 0 saturated heterocycles. The number of ketones is 1. The molecule has 0 bridgehead atoms. The lowest BCUT2D eigenvalue weighted by atomic mass is 10.0. The summed E-state index contributed by atoms with van der Waals surface area (Å²) in [7, 11) is 0. The molecule has 3 nitrogen and oxygen atoms in total. The first kappa shape index (κ1) is 10.4. The highest BCUT2D eigenvalue weighted by molar-refractivity contribution is 6.10. The minimum Gasteiger partial charge on any atom is -0.505 e. The number of carbonyl (C=O) groups is 1. The molecule has 0 unspecified atom stereocenters. The van der Waals surface area contributed by atoms with Crippen LogP contribution in [0.25, 0.3) is 0 Å². The number of rotatable bonds is 2. The maximum absolute atomic E-state index is 12.0. The summed E-state index contributed by atoms with van der Waals surface area (Å²) in [5.74, 6) is -0.236. The Morgan fingerprint density at radius 1 is 1.19 bits per heavy atom. The molecule has 1 aromatic carbocycles. The summed E-state index contributed by atoms with van der Waals surface area (Å²) < 4.78 is 0. The molecule has 16 heavy (non-hydrogen) atoms. The number of carbonyl (C=O) groups excluding carboxylic acids is 1. The fraction of sp³-hybridized carbons (Fsp3) is 0.0769. The van der Waals surface area contributed by atoms with E-state index in [4.69, 9.17) is 0 Å². The zero-order valence-corrected chi connectivity index (χ0v) is 8.84. The highest BCUT2D eigenvalue weighted by Crippen LogP contribution is 2.22. The van der Waals surface area contributed by atoms with Gasteiger partial charge in [-0.25, -0.2) is 0 Å². The Balaban J connectivity index is 2.46. The lowest BCUT2D eigenvalue weighted by molar-refractivity contribution is 0.103. The van der Waals surface area contributed by atoms with Crippen molar-refractivity contribution in [2.24, 2.45) is 0 Å². The van der Waals surface area contributed by atoms with Crippen LogP contribution in [-0.4, -0.2) is 15.9 Å². The molecule has 0 spiro atoms. The molecule has 80 valence electrons. The topological polar surface area (TPSA) is 50.2 Å². The number of pyridine rings is 1. The van der Waals surface area contributed by atoms with Crippen LogP contribution in [0.2, 0.25) is 0 Å². The maximum Gasteiger partial charge on any atom is 0.196 e. The molecule has 1 heterocycles. The van der Waals surface area contributed by atoms with Crippen LogP contribution in [0.1, 0.15) is 21.6 Å². The minimum absolute atomic E-state index is 0.0450. The van der Waals surface area contributed by atoms with Gasteiger partial charge in [-0.15, -0.1) is 0 Å². The Hall–Kier alpha value is -2.16. The monoisotopic (exact) mass is 213 g/mol. The number of nitrogens with zero attached hydrogens (tertiary/aromatic N) is 1. The van der Waals surface area contributed by atoms with E-state index >= 15 is 0 Å². The van der Waals surface area contributed by atoms with Gasteiger partial charge in [0.15, 0.2) is 5.78 Å². The Morgan fingerprint density at radius 2 is 1.88 bits per heavy atom. The fourth-order valence-corrected chi connectivity index (χ4v) is 1.49. The smallest absolute Gasteiger partial charge is 0.196 e. The standard InChI is InChI=1S/C13H11NO2/c1-9-12(15)11(7-8-14-9)13(16)10-5-3-2-4-6-10/h2-8,15H,1H3. The minimum atomic E-state index is -0.191. The Morgan fingerprint density at radius 3 is 2.56 bits per heavy atom. The molecule has 2 aromatic rings. The Kier molecular flexibility index (Phi) is 2.68. The van der Waals surface area contributed by atoms with E-state index < -0.39 is 0 Å². The molecule has 3 heteroatoms. The van der Waals surface area contributed by atoms with Crippen LogP contribution < -0.4 is 0 Å². The second-order valence-corrected chi connectivity index (χ2v) is 3.49. The van der Waals surface area contributed by atoms with Gasteiger partial charge in [0, 0.05) is 11.8 Å². The average molecular weight is 213 g/mol. The van der Waals surface area contributed by atoms with Crippen LogP contribution >= 0.6 is 0 Å². The van der Waals surface area contributed by atoms with Crippen molar-refractivity contribution < 1.29 is 9.90 Å². The van der Waals surface area contributed by atoms with E-state index in [1.54, 1.807) is 31.2 Å². The zero-order valence-electron chi connectivity index (χ0n) is 8.84. The zero-order chi connectivity index (χ0) is 11.5. The molecule has 0 aliphatic rings. The third-order valence-corrected chi connectivity index (χ3v) is 2.39. The van der Waals surface area contributed by atoms with Gasteiger partial charge in [-0.2, -0.15) is 0 Å². The van der Waals surface area contributed by atoms with Crippen molar-refractivity contribution in [3.63, 3.8) is 0 Å². The Labute approximate surface area is 93.4 Å². The van der Waals surface area contributed by atoms with Gasteiger partial charge in [-0.1, -0.05) is 30.3 Å². The molecule has 0 atom stereocenters. The van der Waals surface area contributed by atoms with Crippen molar-refractivity contribution >= 4 is 5.78 Å². The lowest BCUT2D eigenvalue weighted by Gasteiger charge is -2.05.